The molecular weight excluding hydrogens is 311 g/mol. The van der Waals surface area contributed by atoms with E-state index in [1.165, 1.54) is 13.0 Å². The highest BCUT2D eigenvalue weighted by molar-refractivity contribution is 5.95. The first kappa shape index (κ1) is 16.2. The van der Waals surface area contributed by atoms with Crippen LogP contribution in [-0.2, 0) is 10.9 Å². The van der Waals surface area contributed by atoms with E-state index >= 15 is 0 Å². The van der Waals surface area contributed by atoms with Crippen LogP contribution in [-0.4, -0.2) is 66.1 Å². The highest BCUT2D eigenvalue weighted by Gasteiger charge is 2.41. The first-order valence-electron chi connectivity index (χ1n) is 7.43. The number of fused-ring (bicyclic) bond motifs is 1. The number of likely N-dealkylation sites (tertiary alicyclic amines) is 1. The minimum Gasteiger partial charge on any atom is -0.373 e. The molecule has 0 N–H and O–H groups in total. The first-order valence-corrected chi connectivity index (χ1v) is 7.43. The molecule has 0 unspecified atom stereocenters. The number of carbonyl (C=O) groups excluding carboxylic acids is 1. The predicted octanol–water partition coefficient (Wildman–Crippen LogP) is 1.56. The molecule has 5 nitrogen and oxygen atoms in total. The number of morpholine rings is 1. The zero-order valence-electron chi connectivity index (χ0n) is 12.9. The van der Waals surface area contributed by atoms with Gasteiger partial charge < -0.3 is 9.64 Å². The summed E-state index contributed by atoms with van der Waals surface area (Å²) in [7, 11) is 1.99. The number of hydrogen-bond donors (Lipinski definition) is 0. The summed E-state index contributed by atoms with van der Waals surface area (Å²) in [6.45, 7) is 3.83. The van der Waals surface area contributed by atoms with Gasteiger partial charge in [0.05, 0.1) is 30.0 Å². The van der Waals surface area contributed by atoms with E-state index in [0.717, 1.165) is 12.6 Å². The minimum absolute atomic E-state index is 0.0413. The molecule has 1 aromatic rings. The molecule has 1 amide bonds. The Balaban J connectivity index is 1.79. The average Bonchev–Trinajstić information content (AvgIpc) is 2.91. The summed E-state index contributed by atoms with van der Waals surface area (Å²) >= 11 is 0. The van der Waals surface area contributed by atoms with Crippen LogP contribution in [0.4, 0.5) is 13.2 Å². The highest BCUT2D eigenvalue weighted by Crippen LogP contribution is 2.29. The largest absolute Gasteiger partial charge is 0.433 e. The van der Waals surface area contributed by atoms with Crippen molar-refractivity contribution in [1.29, 1.82) is 0 Å². The van der Waals surface area contributed by atoms with E-state index in [0.29, 0.717) is 19.7 Å². The molecule has 3 heterocycles. The summed E-state index contributed by atoms with van der Waals surface area (Å²) in [5, 5.41) is 0. The van der Waals surface area contributed by atoms with Gasteiger partial charge in [-0.15, -0.1) is 0 Å². The lowest BCUT2D eigenvalue weighted by Crippen LogP contribution is -2.48. The number of carbonyl (C=O) groups is 1. The third kappa shape index (κ3) is 3.05. The molecule has 126 valence electrons. The molecule has 8 heteroatoms. The molecule has 2 aliphatic rings. The van der Waals surface area contributed by atoms with Gasteiger partial charge in [0.25, 0.3) is 5.91 Å². The Morgan fingerprint density at radius 1 is 1.35 bits per heavy atom. The Kier molecular flexibility index (Phi) is 4.05. The maximum atomic E-state index is 12.7. The first-order chi connectivity index (χ1) is 10.8. The standard InChI is InChI=1S/C15H18F3N3O2/c1-9-10(3-4-13(19-9)15(16,17)18)14(22)21-7-11-12(8-21)23-6-5-20(11)2/h3-4,11-12H,5-8H2,1-2H3/t11-,12+/m0/s1. The zero-order valence-corrected chi connectivity index (χ0v) is 12.9. The van der Waals surface area contributed by atoms with E-state index in [1.54, 1.807) is 4.90 Å². The van der Waals surface area contributed by atoms with Crippen LogP contribution in [0.3, 0.4) is 0 Å². The van der Waals surface area contributed by atoms with Crippen LogP contribution in [0.15, 0.2) is 12.1 Å². The van der Waals surface area contributed by atoms with E-state index in [1.807, 2.05) is 7.05 Å². The molecule has 2 aliphatic heterocycles. The Hall–Kier alpha value is -1.67. The fourth-order valence-corrected chi connectivity index (χ4v) is 3.14. The third-order valence-electron chi connectivity index (χ3n) is 4.47. The molecule has 3 rings (SSSR count). The van der Waals surface area contributed by atoms with Gasteiger partial charge in [0.2, 0.25) is 0 Å². The molecule has 1 aromatic heterocycles. The van der Waals surface area contributed by atoms with E-state index in [2.05, 4.69) is 9.88 Å². The predicted molar refractivity (Wildman–Crippen MR) is 76.0 cm³/mol. The topological polar surface area (TPSA) is 45.7 Å². The lowest BCUT2D eigenvalue weighted by molar-refractivity contribution is -0.141. The third-order valence-corrected chi connectivity index (χ3v) is 4.47. The SMILES string of the molecule is Cc1nc(C(F)(F)F)ccc1C(=O)N1C[C@H]2OCCN(C)[C@H]2C1. The van der Waals surface area contributed by atoms with Crippen molar-refractivity contribution < 1.29 is 22.7 Å². The number of alkyl halides is 3. The van der Waals surface area contributed by atoms with Crippen molar-refractivity contribution in [2.75, 3.05) is 33.3 Å². The Morgan fingerprint density at radius 2 is 2.09 bits per heavy atom. The smallest absolute Gasteiger partial charge is 0.373 e. The molecule has 23 heavy (non-hydrogen) atoms. The van der Waals surface area contributed by atoms with Crippen molar-refractivity contribution in [2.24, 2.45) is 0 Å². The number of aromatic nitrogens is 1. The van der Waals surface area contributed by atoms with Crippen LogP contribution in [0.2, 0.25) is 0 Å². The Bertz CT molecular complexity index is 620. The number of amides is 1. The number of aryl methyl sites for hydroxylation is 1. The second-order valence-corrected chi connectivity index (χ2v) is 5.99. The van der Waals surface area contributed by atoms with E-state index in [-0.39, 0.29) is 29.3 Å². The lowest BCUT2D eigenvalue weighted by Gasteiger charge is -2.33. The summed E-state index contributed by atoms with van der Waals surface area (Å²) in [5.74, 6) is -0.296. The van der Waals surface area contributed by atoms with Gasteiger partial charge in [-0.25, -0.2) is 4.98 Å². The number of ether oxygens (including phenoxy) is 1. The van der Waals surface area contributed by atoms with Gasteiger partial charge in [-0.2, -0.15) is 13.2 Å². The van der Waals surface area contributed by atoms with Gasteiger partial charge >= 0.3 is 6.18 Å². The number of likely N-dealkylation sites (N-methyl/N-ethyl adjacent to an activating group) is 1. The molecule has 0 aromatic carbocycles. The second-order valence-electron chi connectivity index (χ2n) is 5.99. The summed E-state index contributed by atoms with van der Waals surface area (Å²) in [4.78, 5) is 19.9. The maximum absolute atomic E-state index is 12.7. The van der Waals surface area contributed by atoms with Gasteiger partial charge in [0, 0.05) is 19.6 Å². The van der Waals surface area contributed by atoms with Crippen molar-refractivity contribution in [3.05, 3.63) is 29.1 Å². The molecule has 0 bridgehead atoms. The molecule has 2 fully saturated rings. The Labute approximate surface area is 132 Å². The van der Waals surface area contributed by atoms with Crippen LogP contribution >= 0.6 is 0 Å². The second kappa shape index (κ2) is 5.76. The highest BCUT2D eigenvalue weighted by atomic mass is 19.4. The summed E-state index contributed by atoms with van der Waals surface area (Å²) in [5.41, 5.74) is -0.682. The number of hydrogen-bond acceptors (Lipinski definition) is 4. The van der Waals surface area contributed by atoms with Crippen molar-refractivity contribution in [3.8, 4) is 0 Å². The molecule has 0 radical (unpaired) electrons. The minimum atomic E-state index is -4.51. The molecular formula is C15H18F3N3O2. The lowest BCUT2D eigenvalue weighted by atomic mass is 10.1. The van der Waals surface area contributed by atoms with Crippen molar-refractivity contribution in [2.45, 2.75) is 25.2 Å². The van der Waals surface area contributed by atoms with Gasteiger partial charge in [-0.05, 0) is 26.1 Å². The molecule has 2 atom stereocenters. The molecule has 0 saturated carbocycles. The van der Waals surface area contributed by atoms with Crippen LogP contribution in [0.5, 0.6) is 0 Å². The fraction of sp³-hybridized carbons (Fsp3) is 0.600. The number of nitrogens with zero attached hydrogens (tertiary/aromatic N) is 3. The number of pyridine rings is 1. The summed E-state index contributed by atoms with van der Waals surface area (Å²) in [6, 6.07) is 2.20. The van der Waals surface area contributed by atoms with E-state index in [9.17, 15) is 18.0 Å². The van der Waals surface area contributed by atoms with E-state index in [4.69, 9.17) is 4.74 Å². The van der Waals surface area contributed by atoms with Crippen molar-refractivity contribution in [1.82, 2.24) is 14.8 Å². The monoisotopic (exact) mass is 329 g/mol. The van der Waals surface area contributed by atoms with Crippen LogP contribution in [0.1, 0.15) is 21.7 Å². The number of rotatable bonds is 1. The zero-order chi connectivity index (χ0) is 16.8. The maximum Gasteiger partial charge on any atom is 0.433 e. The van der Waals surface area contributed by atoms with Crippen LogP contribution < -0.4 is 0 Å². The summed E-state index contributed by atoms with van der Waals surface area (Å²) in [6.07, 6.45) is -4.55. The number of halogens is 3. The molecule has 2 saturated heterocycles. The van der Waals surface area contributed by atoms with Crippen LogP contribution in [0.25, 0.3) is 0 Å². The molecule has 0 aliphatic carbocycles. The normalized spacial score (nSPS) is 25.5. The van der Waals surface area contributed by atoms with Crippen molar-refractivity contribution >= 4 is 5.91 Å². The van der Waals surface area contributed by atoms with Gasteiger partial charge in [0.1, 0.15) is 5.69 Å². The van der Waals surface area contributed by atoms with Crippen molar-refractivity contribution in [3.63, 3.8) is 0 Å². The fourth-order valence-electron chi connectivity index (χ4n) is 3.14. The van der Waals surface area contributed by atoms with Gasteiger partial charge in [-0.1, -0.05) is 0 Å². The quantitative estimate of drug-likeness (QED) is 0.784. The Morgan fingerprint density at radius 3 is 2.70 bits per heavy atom. The van der Waals surface area contributed by atoms with Gasteiger partial charge in [-0.3, -0.25) is 9.69 Å². The van der Waals surface area contributed by atoms with Gasteiger partial charge in [0.15, 0.2) is 0 Å². The van der Waals surface area contributed by atoms with E-state index < -0.39 is 11.9 Å². The average molecular weight is 329 g/mol. The molecule has 0 spiro atoms. The summed E-state index contributed by atoms with van der Waals surface area (Å²) < 4.78 is 43.7. The van der Waals surface area contributed by atoms with Crippen LogP contribution in [0, 0.1) is 6.92 Å².